The van der Waals surface area contributed by atoms with Crippen LogP contribution >= 0.6 is 0 Å². The van der Waals surface area contributed by atoms with Crippen LogP contribution in [0.1, 0.15) is 38.5 Å². The Labute approximate surface area is 125 Å². The summed E-state index contributed by atoms with van der Waals surface area (Å²) in [6.45, 7) is 1.39. The second-order valence-electron chi connectivity index (χ2n) is 6.85. The Kier molecular flexibility index (Phi) is 3.50. The molecule has 1 spiro atoms. The molecule has 118 valence electrons. The lowest BCUT2D eigenvalue weighted by Gasteiger charge is -2.43. The number of rotatable bonds is 2. The van der Waals surface area contributed by atoms with Gasteiger partial charge in [-0.05, 0) is 32.1 Å². The first-order valence-corrected chi connectivity index (χ1v) is 9.64. The second kappa shape index (κ2) is 4.97. The molecule has 2 aliphatic heterocycles. The van der Waals surface area contributed by atoms with Crippen molar-refractivity contribution in [3.63, 3.8) is 0 Å². The average Bonchev–Trinajstić information content (AvgIpc) is 2.67. The van der Waals surface area contributed by atoms with E-state index in [4.69, 9.17) is 4.78 Å². The minimum Gasteiger partial charge on any atom is -0.351 e. The van der Waals surface area contributed by atoms with E-state index in [-0.39, 0.29) is 28.5 Å². The molecule has 2 heterocycles. The average molecular weight is 313 g/mol. The van der Waals surface area contributed by atoms with Crippen molar-refractivity contribution in [3.05, 3.63) is 0 Å². The van der Waals surface area contributed by atoms with Gasteiger partial charge in [0.1, 0.15) is 0 Å². The van der Waals surface area contributed by atoms with E-state index < -0.39 is 9.73 Å². The van der Waals surface area contributed by atoms with E-state index in [0.29, 0.717) is 32.4 Å². The molecule has 3 aliphatic rings. The van der Waals surface area contributed by atoms with Crippen molar-refractivity contribution in [1.29, 1.82) is 4.78 Å². The number of likely N-dealkylation sites (tertiary alicyclic amines) is 1. The number of hydrogen-bond donors (Lipinski definition) is 2. The van der Waals surface area contributed by atoms with Crippen LogP contribution in [-0.2, 0) is 19.3 Å². The van der Waals surface area contributed by atoms with Crippen molar-refractivity contribution in [3.8, 4) is 0 Å². The molecule has 0 radical (unpaired) electrons. The van der Waals surface area contributed by atoms with Crippen LogP contribution in [-0.4, -0.2) is 51.1 Å². The molecule has 1 atom stereocenters. The maximum Gasteiger partial charge on any atom is 0.225 e. The predicted octanol–water partition coefficient (Wildman–Crippen LogP) is 0.713. The summed E-state index contributed by atoms with van der Waals surface area (Å²) in [6.07, 6.45) is 5.81. The van der Waals surface area contributed by atoms with Crippen LogP contribution in [0.4, 0.5) is 0 Å². The molecule has 3 rings (SSSR count). The van der Waals surface area contributed by atoms with Gasteiger partial charge in [-0.1, -0.05) is 0 Å². The number of nitrogens with one attached hydrogen (secondary N) is 2. The summed E-state index contributed by atoms with van der Waals surface area (Å²) in [4.78, 5) is 25.7. The first-order chi connectivity index (χ1) is 9.79. The monoisotopic (exact) mass is 313 g/mol. The standard InChI is InChI=1S/C14H23N3O3S/c1-21(15,20)11-8-10(9-11)13(19)17-6-4-14(5-7-17)3-2-12(18)16-14/h10-11,15H,2-9H2,1H3,(H,16,18). The Bertz CT molecular complexity index is 558. The Hall–Kier alpha value is -1.11. The third-order valence-electron chi connectivity index (χ3n) is 5.35. The van der Waals surface area contributed by atoms with Gasteiger partial charge in [-0.25, -0.2) is 4.21 Å². The molecule has 3 fully saturated rings. The fourth-order valence-corrected chi connectivity index (χ4v) is 4.90. The van der Waals surface area contributed by atoms with E-state index in [1.54, 1.807) is 0 Å². The SMILES string of the molecule is CS(=N)(=O)C1CC(C(=O)N2CCC3(CCC(=O)N3)CC2)C1. The molecular formula is C14H23N3O3S. The number of amides is 2. The first kappa shape index (κ1) is 14.8. The topological polar surface area (TPSA) is 90.3 Å². The number of nitrogens with zero attached hydrogens (tertiary/aromatic N) is 1. The number of hydrogen-bond acceptors (Lipinski definition) is 4. The van der Waals surface area contributed by atoms with E-state index in [9.17, 15) is 13.8 Å². The molecule has 1 aliphatic carbocycles. The van der Waals surface area contributed by atoms with Crippen molar-refractivity contribution in [2.75, 3.05) is 19.3 Å². The highest BCUT2D eigenvalue weighted by atomic mass is 32.2. The van der Waals surface area contributed by atoms with Crippen LogP contribution in [0.3, 0.4) is 0 Å². The molecular weight excluding hydrogens is 290 g/mol. The van der Waals surface area contributed by atoms with Gasteiger partial charge in [0.25, 0.3) is 0 Å². The normalized spacial score (nSPS) is 34.1. The fraction of sp³-hybridized carbons (Fsp3) is 0.857. The molecule has 2 N–H and O–H groups in total. The van der Waals surface area contributed by atoms with E-state index in [2.05, 4.69) is 5.32 Å². The van der Waals surface area contributed by atoms with Gasteiger partial charge in [-0.15, -0.1) is 0 Å². The third kappa shape index (κ3) is 2.80. The molecule has 21 heavy (non-hydrogen) atoms. The summed E-state index contributed by atoms with van der Waals surface area (Å²) in [7, 11) is -2.51. The molecule has 0 aromatic carbocycles. The molecule has 2 saturated heterocycles. The van der Waals surface area contributed by atoms with Gasteiger partial charge in [-0.3, -0.25) is 14.4 Å². The maximum absolute atomic E-state index is 12.4. The molecule has 1 unspecified atom stereocenters. The van der Waals surface area contributed by atoms with Crippen LogP contribution in [0.15, 0.2) is 0 Å². The lowest BCUT2D eigenvalue weighted by Crippen LogP contribution is -2.54. The molecule has 0 aromatic heterocycles. The summed E-state index contributed by atoms with van der Waals surface area (Å²) < 4.78 is 19.2. The Morgan fingerprint density at radius 1 is 1.33 bits per heavy atom. The highest BCUT2D eigenvalue weighted by Gasteiger charge is 2.44. The van der Waals surface area contributed by atoms with E-state index in [0.717, 1.165) is 19.3 Å². The van der Waals surface area contributed by atoms with Gasteiger partial charge in [0.05, 0.1) is 0 Å². The van der Waals surface area contributed by atoms with E-state index in [1.807, 2.05) is 4.90 Å². The van der Waals surface area contributed by atoms with Gasteiger partial charge >= 0.3 is 0 Å². The van der Waals surface area contributed by atoms with Crippen molar-refractivity contribution in [2.24, 2.45) is 5.92 Å². The van der Waals surface area contributed by atoms with Crippen LogP contribution in [0.2, 0.25) is 0 Å². The minimum absolute atomic E-state index is 0.0478. The number of piperidine rings is 1. The minimum atomic E-state index is -2.51. The number of carbonyl (C=O) groups is 2. The molecule has 6 nitrogen and oxygen atoms in total. The maximum atomic E-state index is 12.4. The van der Waals surface area contributed by atoms with Crippen LogP contribution < -0.4 is 5.32 Å². The summed E-state index contributed by atoms with van der Waals surface area (Å²) >= 11 is 0. The lowest BCUT2D eigenvalue weighted by atomic mass is 9.81. The summed E-state index contributed by atoms with van der Waals surface area (Å²) in [6, 6.07) is 0. The highest BCUT2D eigenvalue weighted by Crippen LogP contribution is 2.37. The molecule has 2 amide bonds. The lowest BCUT2D eigenvalue weighted by molar-refractivity contribution is -0.139. The van der Waals surface area contributed by atoms with Gasteiger partial charge in [0.2, 0.25) is 11.8 Å². The molecule has 0 aromatic rings. The molecule has 1 saturated carbocycles. The third-order valence-corrected chi connectivity index (χ3v) is 7.00. The highest BCUT2D eigenvalue weighted by molar-refractivity contribution is 7.92. The molecule has 7 heteroatoms. The van der Waals surface area contributed by atoms with Gasteiger partial charge < -0.3 is 10.2 Å². The zero-order valence-electron chi connectivity index (χ0n) is 12.4. The second-order valence-corrected chi connectivity index (χ2v) is 9.32. The van der Waals surface area contributed by atoms with E-state index in [1.165, 1.54) is 6.26 Å². The van der Waals surface area contributed by atoms with Gasteiger partial charge in [0.15, 0.2) is 0 Å². The summed E-state index contributed by atoms with van der Waals surface area (Å²) in [5, 5.41) is 2.96. The van der Waals surface area contributed by atoms with Crippen LogP contribution in [0.5, 0.6) is 0 Å². The van der Waals surface area contributed by atoms with Gasteiger partial charge in [0, 0.05) is 52.2 Å². The van der Waals surface area contributed by atoms with Crippen molar-refractivity contribution >= 4 is 21.5 Å². The smallest absolute Gasteiger partial charge is 0.225 e. The predicted molar refractivity (Wildman–Crippen MR) is 79.2 cm³/mol. The quantitative estimate of drug-likeness (QED) is 0.787. The Morgan fingerprint density at radius 2 is 1.95 bits per heavy atom. The number of carbonyl (C=O) groups excluding carboxylic acids is 2. The van der Waals surface area contributed by atoms with Crippen LogP contribution in [0, 0.1) is 10.7 Å². The zero-order valence-corrected chi connectivity index (χ0v) is 13.2. The first-order valence-electron chi connectivity index (χ1n) is 7.61. The fourth-order valence-electron chi connectivity index (χ4n) is 3.70. The van der Waals surface area contributed by atoms with Crippen molar-refractivity contribution in [2.45, 2.75) is 49.3 Å². The summed E-state index contributed by atoms with van der Waals surface area (Å²) in [5.41, 5.74) is -0.0745. The Morgan fingerprint density at radius 3 is 2.43 bits per heavy atom. The van der Waals surface area contributed by atoms with Crippen molar-refractivity contribution < 1.29 is 13.8 Å². The van der Waals surface area contributed by atoms with Crippen molar-refractivity contribution in [1.82, 2.24) is 10.2 Å². The van der Waals surface area contributed by atoms with Crippen LogP contribution in [0.25, 0.3) is 0 Å². The zero-order chi connectivity index (χ0) is 15.3. The molecule has 0 bridgehead atoms. The van der Waals surface area contributed by atoms with E-state index >= 15 is 0 Å². The Balaban J connectivity index is 1.51. The summed E-state index contributed by atoms with van der Waals surface area (Å²) in [5.74, 6) is 0.229. The largest absolute Gasteiger partial charge is 0.351 e. The van der Waals surface area contributed by atoms with Gasteiger partial charge in [-0.2, -0.15) is 0 Å².